The standard InChI is InChI=1S/C10H6BrF3N2S/c1-5-2-7(8-3-6(11)4-17-8)16-9(15-5)10(12,13)14/h2-4H,1H3. The van der Waals surface area contributed by atoms with Crippen LogP contribution in [0, 0.1) is 6.92 Å². The molecule has 0 aliphatic heterocycles. The van der Waals surface area contributed by atoms with E-state index >= 15 is 0 Å². The first-order chi connectivity index (χ1) is 7.86. The van der Waals surface area contributed by atoms with Gasteiger partial charge in [0, 0.05) is 15.5 Å². The summed E-state index contributed by atoms with van der Waals surface area (Å²) in [5.74, 6) is -1.10. The van der Waals surface area contributed by atoms with E-state index in [0.29, 0.717) is 16.3 Å². The summed E-state index contributed by atoms with van der Waals surface area (Å²) >= 11 is 4.58. The Morgan fingerprint density at radius 3 is 2.47 bits per heavy atom. The smallest absolute Gasteiger partial charge is 0.230 e. The van der Waals surface area contributed by atoms with E-state index in [4.69, 9.17) is 0 Å². The summed E-state index contributed by atoms with van der Waals surface area (Å²) in [6, 6.07) is 3.26. The van der Waals surface area contributed by atoms with Crippen LogP contribution in [0.4, 0.5) is 13.2 Å². The molecule has 0 spiro atoms. The van der Waals surface area contributed by atoms with Gasteiger partial charge in [-0.25, -0.2) is 9.97 Å². The lowest BCUT2D eigenvalue weighted by atomic mass is 10.3. The molecule has 0 saturated heterocycles. The molecule has 2 nitrogen and oxygen atoms in total. The molecule has 90 valence electrons. The topological polar surface area (TPSA) is 25.8 Å². The van der Waals surface area contributed by atoms with E-state index in [1.807, 2.05) is 0 Å². The molecule has 0 N–H and O–H groups in total. The maximum atomic E-state index is 12.5. The quantitative estimate of drug-likeness (QED) is 0.782. The number of aryl methyl sites for hydroxylation is 1. The highest BCUT2D eigenvalue weighted by Crippen LogP contribution is 2.32. The average molecular weight is 323 g/mol. The van der Waals surface area contributed by atoms with Gasteiger partial charge in [-0.1, -0.05) is 0 Å². The molecule has 2 aromatic rings. The molecule has 0 bridgehead atoms. The van der Waals surface area contributed by atoms with E-state index < -0.39 is 12.0 Å². The van der Waals surface area contributed by atoms with Gasteiger partial charge in [0.25, 0.3) is 0 Å². The van der Waals surface area contributed by atoms with Crippen molar-refractivity contribution in [2.45, 2.75) is 13.1 Å². The second-order valence-corrected chi connectivity index (χ2v) is 5.17. The average Bonchev–Trinajstić information content (AvgIpc) is 2.62. The summed E-state index contributed by atoms with van der Waals surface area (Å²) in [6.07, 6.45) is -4.52. The first-order valence-electron chi connectivity index (χ1n) is 4.53. The number of thiophene rings is 1. The van der Waals surface area contributed by atoms with Gasteiger partial charge >= 0.3 is 6.18 Å². The minimum Gasteiger partial charge on any atom is -0.230 e. The lowest BCUT2D eigenvalue weighted by Gasteiger charge is -2.07. The summed E-state index contributed by atoms with van der Waals surface area (Å²) in [5, 5.41) is 1.79. The van der Waals surface area contributed by atoms with E-state index in [0.717, 1.165) is 4.47 Å². The molecule has 0 unspecified atom stereocenters. The highest BCUT2D eigenvalue weighted by atomic mass is 79.9. The van der Waals surface area contributed by atoms with Crippen LogP contribution in [-0.2, 0) is 6.18 Å². The second-order valence-electron chi connectivity index (χ2n) is 3.35. The fourth-order valence-corrected chi connectivity index (χ4v) is 2.66. The van der Waals surface area contributed by atoms with Crippen LogP contribution in [0.5, 0.6) is 0 Å². The number of halogens is 4. The van der Waals surface area contributed by atoms with Crippen molar-refractivity contribution in [3.63, 3.8) is 0 Å². The third kappa shape index (κ3) is 2.84. The molecule has 0 fully saturated rings. The van der Waals surface area contributed by atoms with E-state index in [1.54, 1.807) is 11.4 Å². The lowest BCUT2D eigenvalue weighted by molar-refractivity contribution is -0.145. The zero-order valence-electron chi connectivity index (χ0n) is 8.55. The van der Waals surface area contributed by atoms with Gasteiger partial charge in [-0.3, -0.25) is 0 Å². The maximum absolute atomic E-state index is 12.5. The molecule has 2 heterocycles. The number of hydrogen-bond donors (Lipinski definition) is 0. The van der Waals surface area contributed by atoms with Gasteiger partial charge < -0.3 is 0 Å². The molecule has 2 aromatic heterocycles. The molecule has 0 amide bonds. The van der Waals surface area contributed by atoms with Gasteiger partial charge in [-0.2, -0.15) is 13.2 Å². The Hall–Kier alpha value is -0.950. The van der Waals surface area contributed by atoms with Crippen LogP contribution in [0.15, 0.2) is 22.0 Å². The van der Waals surface area contributed by atoms with Crippen LogP contribution in [0.3, 0.4) is 0 Å². The van der Waals surface area contributed by atoms with E-state index in [1.165, 1.54) is 24.3 Å². The number of hydrogen-bond acceptors (Lipinski definition) is 3. The van der Waals surface area contributed by atoms with Crippen LogP contribution in [-0.4, -0.2) is 9.97 Å². The van der Waals surface area contributed by atoms with Crippen LogP contribution < -0.4 is 0 Å². The first kappa shape index (κ1) is 12.5. The van der Waals surface area contributed by atoms with Crippen molar-refractivity contribution in [1.82, 2.24) is 9.97 Å². The minimum atomic E-state index is -4.52. The first-order valence-corrected chi connectivity index (χ1v) is 6.21. The molecule has 7 heteroatoms. The number of aromatic nitrogens is 2. The molecular formula is C10H6BrF3N2S. The number of nitrogens with zero attached hydrogens (tertiary/aromatic N) is 2. The summed E-state index contributed by atoms with van der Waals surface area (Å²) in [4.78, 5) is 7.61. The van der Waals surface area contributed by atoms with E-state index in [2.05, 4.69) is 25.9 Å². The second kappa shape index (κ2) is 4.38. The van der Waals surface area contributed by atoms with Crippen LogP contribution >= 0.6 is 27.3 Å². The predicted molar refractivity (Wildman–Crippen MR) is 62.8 cm³/mol. The molecule has 0 radical (unpaired) electrons. The number of alkyl halides is 3. The SMILES string of the molecule is Cc1cc(-c2cc(Br)cs2)nc(C(F)(F)F)n1. The predicted octanol–water partition coefficient (Wildman–Crippen LogP) is 4.29. The van der Waals surface area contributed by atoms with Crippen molar-refractivity contribution in [3.8, 4) is 10.6 Å². The Morgan fingerprint density at radius 2 is 1.94 bits per heavy atom. The van der Waals surface area contributed by atoms with Gasteiger partial charge in [0.1, 0.15) is 0 Å². The normalized spacial score (nSPS) is 11.8. The maximum Gasteiger partial charge on any atom is 0.451 e. The van der Waals surface area contributed by atoms with Crippen molar-refractivity contribution >= 4 is 27.3 Å². The van der Waals surface area contributed by atoms with Crippen LogP contribution in [0.25, 0.3) is 10.6 Å². The molecule has 0 saturated carbocycles. The highest BCUT2D eigenvalue weighted by molar-refractivity contribution is 9.10. The van der Waals surface area contributed by atoms with Crippen molar-refractivity contribution in [3.05, 3.63) is 33.5 Å². The van der Waals surface area contributed by atoms with Crippen molar-refractivity contribution in [2.75, 3.05) is 0 Å². The Morgan fingerprint density at radius 1 is 1.24 bits per heavy atom. The lowest BCUT2D eigenvalue weighted by Crippen LogP contribution is -2.12. The fraction of sp³-hybridized carbons (Fsp3) is 0.200. The molecular weight excluding hydrogens is 317 g/mol. The zero-order valence-corrected chi connectivity index (χ0v) is 10.9. The van der Waals surface area contributed by atoms with Crippen LogP contribution in [0.1, 0.15) is 11.5 Å². The summed E-state index contributed by atoms with van der Waals surface area (Å²) in [7, 11) is 0. The van der Waals surface area contributed by atoms with E-state index in [-0.39, 0.29) is 0 Å². The van der Waals surface area contributed by atoms with Gasteiger partial charge in [0.15, 0.2) is 0 Å². The largest absolute Gasteiger partial charge is 0.451 e. The number of rotatable bonds is 1. The van der Waals surface area contributed by atoms with Gasteiger partial charge in [0.2, 0.25) is 5.82 Å². The van der Waals surface area contributed by atoms with Gasteiger partial charge in [-0.05, 0) is 35.0 Å². The third-order valence-electron chi connectivity index (χ3n) is 1.93. The van der Waals surface area contributed by atoms with Crippen molar-refractivity contribution in [2.24, 2.45) is 0 Å². The third-order valence-corrected chi connectivity index (χ3v) is 3.64. The van der Waals surface area contributed by atoms with Gasteiger partial charge in [0.05, 0.1) is 10.6 Å². The molecule has 2 rings (SSSR count). The van der Waals surface area contributed by atoms with E-state index in [9.17, 15) is 13.2 Å². The molecule has 0 aliphatic rings. The van der Waals surface area contributed by atoms with Crippen molar-refractivity contribution < 1.29 is 13.2 Å². The zero-order chi connectivity index (χ0) is 12.6. The van der Waals surface area contributed by atoms with Crippen molar-refractivity contribution in [1.29, 1.82) is 0 Å². The summed E-state index contributed by atoms with van der Waals surface area (Å²) in [6.45, 7) is 1.52. The Balaban J connectivity index is 2.52. The minimum absolute atomic E-state index is 0.292. The van der Waals surface area contributed by atoms with Gasteiger partial charge in [-0.15, -0.1) is 11.3 Å². The monoisotopic (exact) mass is 322 g/mol. The summed E-state index contributed by atoms with van der Waals surface area (Å²) < 4.78 is 38.4. The molecule has 0 atom stereocenters. The Labute approximate surface area is 108 Å². The highest BCUT2D eigenvalue weighted by Gasteiger charge is 2.35. The van der Waals surface area contributed by atoms with Crippen LogP contribution in [0.2, 0.25) is 0 Å². The molecule has 0 aliphatic carbocycles. The Bertz CT molecular complexity index is 551. The Kier molecular flexibility index (Phi) is 3.22. The fourth-order valence-electron chi connectivity index (χ4n) is 1.27. The molecule has 0 aromatic carbocycles. The molecule has 17 heavy (non-hydrogen) atoms. The summed E-state index contributed by atoms with van der Waals surface area (Å²) in [5.41, 5.74) is 0.590.